The quantitative estimate of drug-likeness (QED) is 0.812. The number of ether oxygens (including phenoxy) is 1. The van der Waals surface area contributed by atoms with Crippen LogP contribution in [0.4, 0.5) is 4.79 Å². The van der Waals surface area contributed by atoms with Gasteiger partial charge in [0.1, 0.15) is 6.61 Å². The number of carbonyl (C=O) groups is 1. The Bertz CT molecular complexity index is 344. The minimum absolute atomic E-state index is 0.130. The molecule has 0 radical (unpaired) electrons. The fraction of sp³-hybridized carbons (Fsp3) is 0.929. The molecule has 19 heavy (non-hydrogen) atoms. The third-order valence-corrected chi connectivity index (χ3v) is 5.04. The maximum Gasteiger partial charge on any atom is 0.409 e. The molecule has 3 aliphatic rings. The highest BCUT2D eigenvalue weighted by atomic mass is 16.6. The summed E-state index contributed by atoms with van der Waals surface area (Å²) in [5, 5.41) is 3.24. The standard InChI is InChI=1S/C14H25N3O2/c1-14-4-2-8-17(14)12(3-5-14)11-19-13(18)16-9-6-15-7-10-16/h12,15H,2-11H2,1H3/t12-,14-/m0/s1. The van der Waals surface area contributed by atoms with E-state index in [-0.39, 0.29) is 6.09 Å². The molecular formula is C14H25N3O2. The highest BCUT2D eigenvalue weighted by molar-refractivity contribution is 5.67. The van der Waals surface area contributed by atoms with Crippen LogP contribution in [-0.4, -0.2) is 66.8 Å². The summed E-state index contributed by atoms with van der Waals surface area (Å²) in [5.74, 6) is 0. The molecule has 3 fully saturated rings. The molecule has 2 atom stereocenters. The lowest BCUT2D eigenvalue weighted by molar-refractivity contribution is 0.0619. The van der Waals surface area contributed by atoms with Crippen LogP contribution in [0.3, 0.4) is 0 Å². The second-order valence-electron chi connectivity index (χ2n) is 6.30. The summed E-state index contributed by atoms with van der Waals surface area (Å²) in [4.78, 5) is 16.4. The Balaban J connectivity index is 1.48. The summed E-state index contributed by atoms with van der Waals surface area (Å²) in [7, 11) is 0. The zero-order valence-electron chi connectivity index (χ0n) is 11.9. The van der Waals surface area contributed by atoms with Crippen LogP contribution in [0.25, 0.3) is 0 Å². The Morgan fingerprint density at radius 3 is 2.89 bits per heavy atom. The monoisotopic (exact) mass is 267 g/mol. The summed E-state index contributed by atoms with van der Waals surface area (Å²) in [6, 6.07) is 0.444. The molecular weight excluding hydrogens is 242 g/mol. The van der Waals surface area contributed by atoms with Crippen LogP contribution in [0.2, 0.25) is 0 Å². The van der Waals surface area contributed by atoms with Crippen molar-refractivity contribution in [3.8, 4) is 0 Å². The van der Waals surface area contributed by atoms with Crippen molar-refractivity contribution < 1.29 is 9.53 Å². The van der Waals surface area contributed by atoms with E-state index in [4.69, 9.17) is 4.74 Å². The van der Waals surface area contributed by atoms with Crippen molar-refractivity contribution in [3.63, 3.8) is 0 Å². The molecule has 5 nitrogen and oxygen atoms in total. The molecule has 0 aromatic carbocycles. The van der Waals surface area contributed by atoms with Crippen molar-refractivity contribution in [2.24, 2.45) is 0 Å². The predicted octanol–water partition coefficient (Wildman–Crippen LogP) is 1.05. The molecule has 0 aliphatic carbocycles. The molecule has 0 unspecified atom stereocenters. The van der Waals surface area contributed by atoms with Gasteiger partial charge in [0, 0.05) is 37.8 Å². The summed E-state index contributed by atoms with van der Waals surface area (Å²) < 4.78 is 5.54. The number of nitrogens with one attached hydrogen (secondary N) is 1. The van der Waals surface area contributed by atoms with Gasteiger partial charge in [-0.25, -0.2) is 4.79 Å². The van der Waals surface area contributed by atoms with Gasteiger partial charge in [0.25, 0.3) is 0 Å². The highest BCUT2D eigenvalue weighted by Crippen LogP contribution is 2.41. The van der Waals surface area contributed by atoms with Gasteiger partial charge in [-0.1, -0.05) is 0 Å². The van der Waals surface area contributed by atoms with Gasteiger partial charge in [-0.3, -0.25) is 4.90 Å². The number of amides is 1. The second kappa shape index (κ2) is 5.29. The number of fused-ring (bicyclic) bond motifs is 1. The van der Waals surface area contributed by atoms with E-state index in [2.05, 4.69) is 17.1 Å². The number of carbonyl (C=O) groups excluding carboxylic acids is 1. The third kappa shape index (κ3) is 2.58. The molecule has 108 valence electrons. The minimum atomic E-state index is -0.130. The normalized spacial score (nSPS) is 35.4. The van der Waals surface area contributed by atoms with Gasteiger partial charge < -0.3 is 15.0 Å². The van der Waals surface area contributed by atoms with E-state index in [1.165, 1.54) is 32.2 Å². The van der Waals surface area contributed by atoms with Crippen LogP contribution in [0.5, 0.6) is 0 Å². The second-order valence-corrected chi connectivity index (χ2v) is 6.30. The first-order valence-electron chi connectivity index (χ1n) is 7.58. The third-order valence-electron chi connectivity index (χ3n) is 5.04. The Kier molecular flexibility index (Phi) is 3.67. The van der Waals surface area contributed by atoms with Crippen molar-refractivity contribution in [2.75, 3.05) is 39.3 Å². The van der Waals surface area contributed by atoms with Crippen LogP contribution in [-0.2, 0) is 4.74 Å². The Morgan fingerprint density at radius 2 is 2.11 bits per heavy atom. The van der Waals surface area contributed by atoms with Crippen LogP contribution < -0.4 is 5.32 Å². The smallest absolute Gasteiger partial charge is 0.409 e. The summed E-state index contributed by atoms with van der Waals surface area (Å²) >= 11 is 0. The van der Waals surface area contributed by atoms with Gasteiger partial charge in [-0.2, -0.15) is 0 Å². The molecule has 3 aliphatic heterocycles. The van der Waals surface area contributed by atoms with E-state index < -0.39 is 0 Å². The number of rotatable bonds is 2. The zero-order valence-corrected chi connectivity index (χ0v) is 11.9. The van der Waals surface area contributed by atoms with E-state index in [9.17, 15) is 4.79 Å². The maximum atomic E-state index is 12.0. The number of piperazine rings is 1. The lowest BCUT2D eigenvalue weighted by atomic mass is 9.97. The Labute approximate surface area is 115 Å². The largest absolute Gasteiger partial charge is 0.448 e. The van der Waals surface area contributed by atoms with Crippen molar-refractivity contribution in [1.29, 1.82) is 0 Å². The molecule has 3 heterocycles. The fourth-order valence-corrected chi connectivity index (χ4v) is 3.85. The van der Waals surface area contributed by atoms with Crippen molar-refractivity contribution in [2.45, 2.75) is 44.2 Å². The van der Waals surface area contributed by atoms with Crippen LogP contribution >= 0.6 is 0 Å². The SMILES string of the molecule is C[C@@]12CCCN1[C@H](COC(=O)N1CCNCC1)CC2. The van der Waals surface area contributed by atoms with E-state index >= 15 is 0 Å². The fourth-order valence-electron chi connectivity index (χ4n) is 3.85. The molecule has 1 N–H and O–H groups in total. The lowest BCUT2D eigenvalue weighted by Crippen LogP contribution is -2.48. The average molecular weight is 267 g/mol. The summed E-state index contributed by atoms with van der Waals surface area (Å²) in [6.07, 6.45) is 4.89. The first-order valence-corrected chi connectivity index (χ1v) is 7.58. The van der Waals surface area contributed by atoms with Gasteiger partial charge in [0.2, 0.25) is 0 Å². The van der Waals surface area contributed by atoms with Gasteiger partial charge in [-0.05, 0) is 39.2 Å². The number of hydrogen-bond donors (Lipinski definition) is 1. The van der Waals surface area contributed by atoms with E-state index in [1.54, 1.807) is 0 Å². The van der Waals surface area contributed by atoms with Crippen molar-refractivity contribution >= 4 is 6.09 Å². The first kappa shape index (κ1) is 13.2. The van der Waals surface area contributed by atoms with Gasteiger partial charge in [-0.15, -0.1) is 0 Å². The Morgan fingerprint density at radius 1 is 1.32 bits per heavy atom. The van der Waals surface area contributed by atoms with Crippen LogP contribution in [0, 0.1) is 0 Å². The Hall–Kier alpha value is -0.810. The topological polar surface area (TPSA) is 44.8 Å². The van der Waals surface area contributed by atoms with Crippen LogP contribution in [0.15, 0.2) is 0 Å². The number of nitrogens with zero attached hydrogens (tertiary/aromatic N) is 2. The molecule has 0 saturated carbocycles. The number of hydrogen-bond acceptors (Lipinski definition) is 4. The van der Waals surface area contributed by atoms with Gasteiger partial charge in [0.15, 0.2) is 0 Å². The molecule has 0 bridgehead atoms. The van der Waals surface area contributed by atoms with E-state index in [0.717, 1.165) is 26.2 Å². The zero-order chi connectivity index (χ0) is 13.3. The molecule has 0 aromatic heterocycles. The molecule has 1 amide bonds. The highest BCUT2D eigenvalue weighted by Gasteiger charge is 2.45. The van der Waals surface area contributed by atoms with Gasteiger partial charge >= 0.3 is 6.09 Å². The molecule has 0 spiro atoms. The lowest BCUT2D eigenvalue weighted by Gasteiger charge is -2.32. The molecule has 5 heteroatoms. The van der Waals surface area contributed by atoms with E-state index in [1.807, 2.05) is 4.90 Å². The van der Waals surface area contributed by atoms with Gasteiger partial charge in [0.05, 0.1) is 0 Å². The first-order chi connectivity index (χ1) is 9.19. The molecule has 3 saturated heterocycles. The maximum absolute atomic E-state index is 12.0. The summed E-state index contributed by atoms with van der Waals surface area (Å²) in [6.45, 7) is 7.39. The van der Waals surface area contributed by atoms with Crippen LogP contribution in [0.1, 0.15) is 32.6 Å². The van der Waals surface area contributed by atoms with E-state index in [0.29, 0.717) is 18.2 Å². The van der Waals surface area contributed by atoms with Crippen molar-refractivity contribution in [1.82, 2.24) is 15.1 Å². The predicted molar refractivity (Wildman–Crippen MR) is 73.2 cm³/mol. The molecule has 0 aromatic rings. The minimum Gasteiger partial charge on any atom is -0.448 e. The average Bonchev–Trinajstić information content (AvgIpc) is 2.94. The summed E-state index contributed by atoms with van der Waals surface area (Å²) in [5.41, 5.74) is 0.381. The molecule has 3 rings (SSSR count). The van der Waals surface area contributed by atoms with Crippen molar-refractivity contribution in [3.05, 3.63) is 0 Å².